The van der Waals surface area contributed by atoms with Crippen molar-refractivity contribution in [1.82, 2.24) is 0 Å². The Morgan fingerprint density at radius 2 is 1.79 bits per heavy atom. The fourth-order valence-corrected chi connectivity index (χ4v) is 3.37. The molecule has 2 rings (SSSR count). The van der Waals surface area contributed by atoms with Crippen LogP contribution >= 0.6 is 22.9 Å². The molecule has 2 aromatic rings. The number of hydrogen-bond acceptors (Lipinski definition) is 5. The van der Waals surface area contributed by atoms with Gasteiger partial charge in [0.1, 0.15) is 16.5 Å². The van der Waals surface area contributed by atoms with E-state index in [-0.39, 0.29) is 12.2 Å². The van der Waals surface area contributed by atoms with Gasteiger partial charge in [-0.2, -0.15) is 5.26 Å². The molecule has 0 bridgehead atoms. The van der Waals surface area contributed by atoms with Gasteiger partial charge in [-0.3, -0.25) is 0 Å². The highest BCUT2D eigenvalue weighted by Gasteiger charge is 2.27. The van der Waals surface area contributed by atoms with Crippen molar-refractivity contribution >= 4 is 28.9 Å². The van der Waals surface area contributed by atoms with Gasteiger partial charge < -0.3 is 9.47 Å². The normalized spacial score (nSPS) is 10.8. The molecule has 1 aromatic heterocycles. The lowest BCUT2D eigenvalue weighted by Crippen LogP contribution is -2.11. The quantitative estimate of drug-likeness (QED) is 0.677. The molecule has 24 heavy (non-hydrogen) atoms. The molecule has 6 heteroatoms. The van der Waals surface area contributed by atoms with Crippen molar-refractivity contribution in [2.24, 2.45) is 0 Å². The van der Waals surface area contributed by atoms with E-state index >= 15 is 0 Å². The Balaban J connectivity index is 2.63. The van der Waals surface area contributed by atoms with Crippen molar-refractivity contribution in [3.05, 3.63) is 39.7 Å². The minimum absolute atomic E-state index is 0.109. The molecular formula is C18H18ClNO3S. The fraction of sp³-hybridized carbons (Fsp3) is 0.333. The molecule has 0 amide bonds. The highest BCUT2D eigenvalue weighted by molar-refractivity contribution is 7.16. The van der Waals surface area contributed by atoms with Gasteiger partial charge in [0.2, 0.25) is 0 Å². The van der Waals surface area contributed by atoms with E-state index in [2.05, 4.69) is 6.07 Å². The van der Waals surface area contributed by atoms with Crippen LogP contribution in [-0.2, 0) is 4.74 Å². The molecule has 0 aliphatic rings. The summed E-state index contributed by atoms with van der Waals surface area (Å²) in [6.45, 7) is 7.30. The summed E-state index contributed by atoms with van der Waals surface area (Å²) in [5.41, 5.74) is 1.59. The Labute approximate surface area is 150 Å². The van der Waals surface area contributed by atoms with E-state index < -0.39 is 5.97 Å². The van der Waals surface area contributed by atoms with Gasteiger partial charge >= 0.3 is 5.97 Å². The van der Waals surface area contributed by atoms with Gasteiger partial charge in [-0.1, -0.05) is 35.1 Å². The second-order valence-corrected chi connectivity index (χ2v) is 7.13. The van der Waals surface area contributed by atoms with Gasteiger partial charge in [-0.25, -0.2) is 4.79 Å². The molecule has 0 atom stereocenters. The summed E-state index contributed by atoms with van der Waals surface area (Å²) in [7, 11) is 0. The lowest BCUT2D eigenvalue weighted by Gasteiger charge is -2.08. The maximum absolute atomic E-state index is 12.5. The number of thiophene rings is 1. The molecule has 4 nitrogen and oxygen atoms in total. The van der Waals surface area contributed by atoms with Gasteiger partial charge in [-0.15, -0.1) is 0 Å². The first kappa shape index (κ1) is 18.3. The predicted molar refractivity (Wildman–Crippen MR) is 95.8 cm³/mol. The molecule has 0 radical (unpaired) electrons. The number of rotatable bonds is 5. The first-order valence-electron chi connectivity index (χ1n) is 7.54. The van der Waals surface area contributed by atoms with E-state index in [4.69, 9.17) is 21.1 Å². The first-order chi connectivity index (χ1) is 11.3. The topological polar surface area (TPSA) is 59.3 Å². The smallest absolute Gasteiger partial charge is 0.349 e. The SMILES string of the molecule is CC(C)OC(=O)c1sc(OC(C)C)c(C#N)c1-c1ccc(Cl)cc1. The third kappa shape index (κ3) is 4.08. The van der Waals surface area contributed by atoms with Crippen LogP contribution in [0.2, 0.25) is 5.02 Å². The number of ether oxygens (including phenoxy) is 2. The van der Waals surface area contributed by atoms with Crippen molar-refractivity contribution < 1.29 is 14.3 Å². The second-order valence-electron chi connectivity index (χ2n) is 5.71. The van der Waals surface area contributed by atoms with Crippen molar-refractivity contribution in [2.75, 3.05) is 0 Å². The summed E-state index contributed by atoms with van der Waals surface area (Å²) in [6.07, 6.45) is -0.361. The van der Waals surface area contributed by atoms with Crippen LogP contribution < -0.4 is 4.74 Å². The minimum Gasteiger partial charge on any atom is -0.480 e. The van der Waals surface area contributed by atoms with Crippen molar-refractivity contribution in [3.63, 3.8) is 0 Å². The van der Waals surface area contributed by atoms with E-state index in [1.54, 1.807) is 38.1 Å². The van der Waals surface area contributed by atoms with Crippen LogP contribution in [0.25, 0.3) is 11.1 Å². The summed E-state index contributed by atoms with van der Waals surface area (Å²) in [5, 5.41) is 10.6. The number of nitriles is 1. The summed E-state index contributed by atoms with van der Waals surface area (Å²) in [5.74, 6) is -0.463. The predicted octanol–water partition coefficient (Wildman–Crippen LogP) is 5.29. The van der Waals surface area contributed by atoms with Crippen molar-refractivity contribution in [2.45, 2.75) is 39.9 Å². The maximum Gasteiger partial charge on any atom is 0.349 e. The number of nitrogens with zero attached hydrogens (tertiary/aromatic N) is 1. The third-order valence-corrected chi connectivity index (χ3v) is 4.30. The molecule has 1 heterocycles. The molecule has 0 spiro atoms. The Kier molecular flexibility index (Phi) is 5.87. The van der Waals surface area contributed by atoms with Crippen LogP contribution in [0.3, 0.4) is 0 Å². The van der Waals surface area contributed by atoms with E-state index in [0.29, 0.717) is 26.1 Å². The molecule has 0 saturated heterocycles. The third-order valence-electron chi connectivity index (χ3n) is 2.99. The van der Waals surface area contributed by atoms with E-state index in [1.807, 2.05) is 13.8 Å². The zero-order valence-electron chi connectivity index (χ0n) is 13.9. The Morgan fingerprint density at radius 3 is 2.29 bits per heavy atom. The number of carbonyl (C=O) groups excluding carboxylic acids is 1. The van der Waals surface area contributed by atoms with Gasteiger partial charge in [0, 0.05) is 10.6 Å². The Bertz CT molecular complexity index is 773. The van der Waals surface area contributed by atoms with Gasteiger partial charge in [0.15, 0.2) is 5.06 Å². The number of esters is 1. The summed E-state index contributed by atoms with van der Waals surface area (Å²) in [6, 6.07) is 9.14. The second kappa shape index (κ2) is 7.69. The first-order valence-corrected chi connectivity index (χ1v) is 8.73. The Morgan fingerprint density at radius 1 is 1.17 bits per heavy atom. The van der Waals surface area contributed by atoms with Crippen LogP contribution in [0.4, 0.5) is 0 Å². The Hall–Kier alpha value is -2.03. The average molecular weight is 364 g/mol. The number of hydrogen-bond donors (Lipinski definition) is 0. The molecule has 0 saturated carbocycles. The summed E-state index contributed by atoms with van der Waals surface area (Å²) < 4.78 is 11.0. The van der Waals surface area contributed by atoms with Crippen LogP contribution in [0.15, 0.2) is 24.3 Å². The lowest BCUT2D eigenvalue weighted by atomic mass is 10.0. The van der Waals surface area contributed by atoms with Crippen LogP contribution in [0.5, 0.6) is 5.06 Å². The van der Waals surface area contributed by atoms with Crippen molar-refractivity contribution in [3.8, 4) is 22.3 Å². The molecule has 0 aliphatic heterocycles. The molecule has 1 aromatic carbocycles. The van der Waals surface area contributed by atoms with Crippen LogP contribution in [-0.4, -0.2) is 18.2 Å². The zero-order chi connectivity index (χ0) is 17.9. The number of halogens is 1. The monoisotopic (exact) mass is 363 g/mol. The van der Waals surface area contributed by atoms with E-state index in [9.17, 15) is 10.1 Å². The van der Waals surface area contributed by atoms with Gasteiger partial charge in [-0.05, 0) is 45.4 Å². The summed E-state index contributed by atoms with van der Waals surface area (Å²) >= 11 is 7.08. The fourth-order valence-electron chi connectivity index (χ4n) is 2.11. The van der Waals surface area contributed by atoms with Crippen molar-refractivity contribution in [1.29, 1.82) is 5.26 Å². The van der Waals surface area contributed by atoms with Gasteiger partial charge in [0.25, 0.3) is 0 Å². The largest absolute Gasteiger partial charge is 0.480 e. The average Bonchev–Trinajstić information content (AvgIpc) is 2.85. The van der Waals surface area contributed by atoms with Crippen LogP contribution in [0, 0.1) is 11.3 Å². The zero-order valence-corrected chi connectivity index (χ0v) is 15.5. The number of carbonyl (C=O) groups is 1. The van der Waals surface area contributed by atoms with E-state index in [1.165, 1.54) is 0 Å². The van der Waals surface area contributed by atoms with Gasteiger partial charge in [0.05, 0.1) is 12.2 Å². The lowest BCUT2D eigenvalue weighted by molar-refractivity contribution is 0.0384. The standard InChI is InChI=1S/C18H18ClNO3S/c1-10(2)22-17(21)16-15(12-5-7-13(19)8-6-12)14(9-20)18(24-16)23-11(3)4/h5-8,10-11H,1-4H3. The van der Waals surface area contributed by atoms with Crippen LogP contribution in [0.1, 0.15) is 42.9 Å². The maximum atomic E-state index is 12.5. The summed E-state index contributed by atoms with van der Waals surface area (Å²) in [4.78, 5) is 12.8. The molecule has 0 fully saturated rings. The van der Waals surface area contributed by atoms with E-state index in [0.717, 1.165) is 16.9 Å². The molecule has 0 aliphatic carbocycles. The number of benzene rings is 1. The minimum atomic E-state index is -0.463. The highest BCUT2D eigenvalue weighted by atomic mass is 35.5. The molecule has 0 N–H and O–H groups in total. The molecule has 126 valence electrons. The molecular weight excluding hydrogens is 346 g/mol. The molecule has 0 unspecified atom stereocenters. The highest BCUT2D eigenvalue weighted by Crippen LogP contribution is 2.42.